The second kappa shape index (κ2) is 7.88. The molecule has 1 aromatic rings. The van der Waals surface area contributed by atoms with Crippen LogP contribution in [0.5, 0.6) is 0 Å². The van der Waals surface area contributed by atoms with Crippen molar-refractivity contribution in [1.29, 1.82) is 5.26 Å². The zero-order valence-corrected chi connectivity index (χ0v) is 12.6. The number of hydrogen-bond donors (Lipinski definition) is 2. The molecule has 0 fully saturated rings. The molecule has 0 radical (unpaired) electrons. The Kier molecular flexibility index (Phi) is 6.50. The minimum atomic E-state index is -0.0804. The maximum Gasteiger partial charge on any atom is 0.227 e. The van der Waals surface area contributed by atoms with Crippen LogP contribution in [-0.2, 0) is 4.79 Å². The Morgan fingerprint density at radius 1 is 1.45 bits per heavy atom. The Bertz CT molecular complexity index is 508. The number of nitriles is 1. The van der Waals surface area contributed by atoms with Gasteiger partial charge < -0.3 is 11.1 Å². The first-order valence-electron chi connectivity index (χ1n) is 6.70. The van der Waals surface area contributed by atoms with E-state index in [1.54, 1.807) is 18.2 Å². The van der Waals surface area contributed by atoms with E-state index in [9.17, 15) is 4.79 Å². The van der Waals surface area contributed by atoms with Gasteiger partial charge in [-0.2, -0.15) is 5.26 Å². The van der Waals surface area contributed by atoms with Crippen molar-refractivity contribution in [1.82, 2.24) is 0 Å². The lowest BCUT2D eigenvalue weighted by atomic mass is 10.0. The average Bonchev–Trinajstić information content (AvgIpc) is 2.38. The molecule has 1 aromatic carbocycles. The van der Waals surface area contributed by atoms with Crippen LogP contribution in [0.25, 0.3) is 0 Å². The van der Waals surface area contributed by atoms with Crippen LogP contribution < -0.4 is 11.1 Å². The molecule has 0 aliphatic rings. The first-order chi connectivity index (χ1) is 9.43. The first kappa shape index (κ1) is 16.5. The minimum absolute atomic E-state index is 0.0459. The number of hydrogen-bond acceptors (Lipinski definition) is 3. The largest absolute Gasteiger partial charge is 0.328 e. The van der Waals surface area contributed by atoms with Gasteiger partial charge in [-0.15, -0.1) is 0 Å². The standard InChI is InChI=1S/C15H20ClN3O/c1-10(4-3-5-11(2)18)15(20)19-13-7-6-12(9-17)14(16)8-13/h6-8,10-11H,3-5,18H2,1-2H3,(H,19,20). The van der Waals surface area contributed by atoms with Crippen molar-refractivity contribution >= 4 is 23.2 Å². The molecule has 0 heterocycles. The van der Waals surface area contributed by atoms with E-state index >= 15 is 0 Å². The molecule has 2 atom stereocenters. The summed E-state index contributed by atoms with van der Waals surface area (Å²) in [5, 5.41) is 11.9. The maximum atomic E-state index is 12.0. The lowest BCUT2D eigenvalue weighted by Gasteiger charge is -2.13. The number of carbonyl (C=O) groups is 1. The van der Waals surface area contributed by atoms with Gasteiger partial charge in [0.25, 0.3) is 0 Å². The number of rotatable bonds is 6. The third-order valence-corrected chi connectivity index (χ3v) is 3.41. The van der Waals surface area contributed by atoms with Crippen LogP contribution in [0.1, 0.15) is 38.7 Å². The molecule has 4 nitrogen and oxygen atoms in total. The molecule has 0 bridgehead atoms. The quantitative estimate of drug-likeness (QED) is 0.844. The van der Waals surface area contributed by atoms with Crippen LogP contribution in [-0.4, -0.2) is 11.9 Å². The molecule has 2 unspecified atom stereocenters. The number of carbonyl (C=O) groups excluding carboxylic acids is 1. The SMILES string of the molecule is CC(N)CCCC(C)C(=O)Nc1ccc(C#N)c(Cl)c1. The summed E-state index contributed by atoms with van der Waals surface area (Å²) >= 11 is 5.92. The molecule has 0 spiro atoms. The summed E-state index contributed by atoms with van der Waals surface area (Å²) in [5.74, 6) is -0.126. The van der Waals surface area contributed by atoms with Crippen LogP contribution >= 0.6 is 11.6 Å². The van der Waals surface area contributed by atoms with E-state index in [1.807, 2.05) is 19.9 Å². The van der Waals surface area contributed by atoms with E-state index in [1.165, 1.54) is 0 Å². The number of nitrogens with one attached hydrogen (secondary N) is 1. The van der Waals surface area contributed by atoms with E-state index in [-0.39, 0.29) is 17.9 Å². The van der Waals surface area contributed by atoms with Gasteiger partial charge >= 0.3 is 0 Å². The van der Waals surface area contributed by atoms with Crippen molar-refractivity contribution < 1.29 is 4.79 Å². The average molecular weight is 294 g/mol. The van der Waals surface area contributed by atoms with Crippen LogP contribution in [0.3, 0.4) is 0 Å². The van der Waals surface area contributed by atoms with Crippen LogP contribution in [0.4, 0.5) is 5.69 Å². The lowest BCUT2D eigenvalue weighted by molar-refractivity contribution is -0.119. The van der Waals surface area contributed by atoms with Gasteiger partial charge in [0, 0.05) is 17.6 Å². The Hall–Kier alpha value is -1.57. The van der Waals surface area contributed by atoms with Gasteiger partial charge in [0.2, 0.25) is 5.91 Å². The van der Waals surface area contributed by atoms with Crippen LogP contribution in [0, 0.1) is 17.2 Å². The minimum Gasteiger partial charge on any atom is -0.328 e. The molecule has 3 N–H and O–H groups in total. The van der Waals surface area contributed by atoms with Gasteiger partial charge in [0.15, 0.2) is 0 Å². The molecule has 1 rings (SSSR count). The summed E-state index contributed by atoms with van der Waals surface area (Å²) in [4.78, 5) is 12.0. The summed E-state index contributed by atoms with van der Waals surface area (Å²) in [6, 6.07) is 7.01. The third kappa shape index (κ3) is 5.20. The van der Waals surface area contributed by atoms with Gasteiger partial charge in [-0.25, -0.2) is 0 Å². The Morgan fingerprint density at radius 3 is 2.70 bits per heavy atom. The summed E-state index contributed by atoms with van der Waals surface area (Å²) in [6.45, 7) is 3.85. The van der Waals surface area contributed by atoms with E-state index in [0.29, 0.717) is 16.3 Å². The van der Waals surface area contributed by atoms with Crippen molar-refractivity contribution in [3.05, 3.63) is 28.8 Å². The fraction of sp³-hybridized carbons (Fsp3) is 0.467. The van der Waals surface area contributed by atoms with Gasteiger partial charge in [0.1, 0.15) is 6.07 Å². The van der Waals surface area contributed by atoms with Crippen molar-refractivity contribution in [3.8, 4) is 6.07 Å². The number of anilines is 1. The lowest BCUT2D eigenvalue weighted by Crippen LogP contribution is -2.21. The summed E-state index contributed by atoms with van der Waals surface area (Å²) in [7, 11) is 0. The topological polar surface area (TPSA) is 78.9 Å². The van der Waals surface area contributed by atoms with Gasteiger partial charge in [-0.3, -0.25) is 4.79 Å². The fourth-order valence-electron chi connectivity index (χ4n) is 1.83. The molecule has 0 aliphatic carbocycles. The smallest absolute Gasteiger partial charge is 0.227 e. The van der Waals surface area contributed by atoms with Gasteiger partial charge in [0.05, 0.1) is 10.6 Å². The highest BCUT2D eigenvalue weighted by molar-refractivity contribution is 6.32. The molecule has 0 aliphatic heterocycles. The molecular formula is C15H20ClN3O. The zero-order chi connectivity index (χ0) is 15.1. The first-order valence-corrected chi connectivity index (χ1v) is 7.08. The maximum absolute atomic E-state index is 12.0. The van der Waals surface area contributed by atoms with Crippen molar-refractivity contribution in [2.24, 2.45) is 11.7 Å². The Balaban J connectivity index is 2.53. The number of benzene rings is 1. The highest BCUT2D eigenvalue weighted by Gasteiger charge is 2.13. The highest BCUT2D eigenvalue weighted by atomic mass is 35.5. The van der Waals surface area contributed by atoms with Crippen molar-refractivity contribution in [3.63, 3.8) is 0 Å². The number of amides is 1. The van der Waals surface area contributed by atoms with E-state index in [4.69, 9.17) is 22.6 Å². The number of nitrogens with zero attached hydrogens (tertiary/aromatic N) is 1. The molecule has 0 saturated carbocycles. The monoisotopic (exact) mass is 293 g/mol. The second-order valence-corrected chi connectivity index (χ2v) is 5.51. The summed E-state index contributed by atoms with van der Waals surface area (Å²) < 4.78 is 0. The summed E-state index contributed by atoms with van der Waals surface area (Å²) in [5.41, 5.74) is 6.69. The summed E-state index contributed by atoms with van der Waals surface area (Å²) in [6.07, 6.45) is 2.65. The van der Waals surface area contributed by atoms with E-state index < -0.39 is 0 Å². The molecular weight excluding hydrogens is 274 g/mol. The molecule has 108 valence electrons. The number of halogens is 1. The van der Waals surface area contributed by atoms with E-state index in [2.05, 4.69) is 5.32 Å². The molecule has 0 saturated heterocycles. The van der Waals surface area contributed by atoms with Crippen LogP contribution in [0.15, 0.2) is 18.2 Å². The highest BCUT2D eigenvalue weighted by Crippen LogP contribution is 2.21. The second-order valence-electron chi connectivity index (χ2n) is 5.10. The Labute approximate surface area is 124 Å². The molecule has 5 heteroatoms. The number of nitrogens with two attached hydrogens (primary N) is 1. The zero-order valence-electron chi connectivity index (χ0n) is 11.8. The Morgan fingerprint density at radius 2 is 2.15 bits per heavy atom. The third-order valence-electron chi connectivity index (χ3n) is 3.10. The van der Waals surface area contributed by atoms with Crippen molar-refractivity contribution in [2.45, 2.75) is 39.2 Å². The van der Waals surface area contributed by atoms with Crippen molar-refractivity contribution in [2.75, 3.05) is 5.32 Å². The molecule has 1 amide bonds. The van der Waals surface area contributed by atoms with Gasteiger partial charge in [-0.1, -0.05) is 24.9 Å². The van der Waals surface area contributed by atoms with Gasteiger partial charge in [-0.05, 0) is 38.0 Å². The van der Waals surface area contributed by atoms with Crippen LogP contribution in [0.2, 0.25) is 5.02 Å². The normalized spacial score (nSPS) is 13.3. The van der Waals surface area contributed by atoms with E-state index in [0.717, 1.165) is 19.3 Å². The molecule has 0 aromatic heterocycles. The fourth-order valence-corrected chi connectivity index (χ4v) is 2.05. The molecule has 20 heavy (non-hydrogen) atoms. The predicted octanol–water partition coefficient (Wildman–Crippen LogP) is 3.30. The predicted molar refractivity (Wildman–Crippen MR) is 81.5 cm³/mol.